The third-order valence-corrected chi connectivity index (χ3v) is 5.12. The van der Waals surface area contributed by atoms with Gasteiger partial charge in [-0.25, -0.2) is 9.82 Å². The first-order valence-corrected chi connectivity index (χ1v) is 10.8. The monoisotopic (exact) mass is 493 g/mol. The lowest BCUT2D eigenvalue weighted by molar-refractivity contribution is -0.123. The number of nitrogens with zero attached hydrogens (tertiary/aromatic N) is 2. The lowest BCUT2D eigenvalue weighted by atomic mass is 10.2. The molecule has 7 nitrogen and oxygen atoms in total. The van der Waals surface area contributed by atoms with Crippen LogP contribution in [0.25, 0.3) is 0 Å². The smallest absolute Gasteiger partial charge is 0.254 e. The van der Waals surface area contributed by atoms with Crippen molar-refractivity contribution in [2.45, 2.75) is 13.5 Å². The van der Waals surface area contributed by atoms with E-state index in [9.17, 15) is 9.18 Å². The predicted octanol–water partition coefficient (Wildman–Crippen LogP) is 3.35. The summed E-state index contributed by atoms with van der Waals surface area (Å²) in [6.07, 6.45) is 1.53. The Hall–Kier alpha value is -2.49. The predicted molar refractivity (Wildman–Crippen MR) is 119 cm³/mol. The van der Waals surface area contributed by atoms with Gasteiger partial charge in [-0.05, 0) is 46.6 Å². The Morgan fingerprint density at radius 1 is 1.29 bits per heavy atom. The van der Waals surface area contributed by atoms with Gasteiger partial charge in [-0.1, -0.05) is 18.2 Å². The van der Waals surface area contributed by atoms with Gasteiger partial charge >= 0.3 is 0 Å². The molecule has 3 rings (SSSR count). The van der Waals surface area contributed by atoms with Gasteiger partial charge in [0.2, 0.25) is 0 Å². The maximum atomic E-state index is 13.9. The minimum Gasteiger partial charge on any atom is -0.490 e. The van der Waals surface area contributed by atoms with Crippen LogP contribution in [-0.4, -0.2) is 56.5 Å². The number of nitrogens with one attached hydrogen (secondary N) is 1. The molecule has 0 radical (unpaired) electrons. The zero-order valence-electron chi connectivity index (χ0n) is 17.3. The fourth-order valence-electron chi connectivity index (χ4n) is 3.01. The zero-order valence-corrected chi connectivity index (χ0v) is 18.9. The molecule has 9 heteroatoms. The topological polar surface area (TPSA) is 72.4 Å². The summed E-state index contributed by atoms with van der Waals surface area (Å²) in [4.78, 5) is 14.1. The number of benzene rings is 2. The lowest BCUT2D eigenvalue weighted by Crippen LogP contribution is -2.42. The van der Waals surface area contributed by atoms with Gasteiger partial charge in [-0.3, -0.25) is 9.69 Å². The molecule has 0 bridgehead atoms. The van der Waals surface area contributed by atoms with Crippen LogP contribution in [0, 0.1) is 5.82 Å². The number of ether oxygens (including phenoxy) is 3. The Morgan fingerprint density at radius 2 is 2.06 bits per heavy atom. The molecule has 2 aromatic carbocycles. The fraction of sp³-hybridized carbons (Fsp3) is 0.364. The van der Waals surface area contributed by atoms with Crippen molar-refractivity contribution in [3.8, 4) is 11.5 Å². The van der Waals surface area contributed by atoms with Gasteiger partial charge < -0.3 is 14.2 Å². The second kappa shape index (κ2) is 11.8. The summed E-state index contributed by atoms with van der Waals surface area (Å²) in [5.41, 5.74) is 3.69. The molecule has 1 amide bonds. The summed E-state index contributed by atoms with van der Waals surface area (Å²) in [5, 5.41) is 4.03. The van der Waals surface area contributed by atoms with Crippen molar-refractivity contribution >= 4 is 28.1 Å². The average Bonchev–Trinajstić information content (AvgIpc) is 2.75. The first-order valence-electron chi connectivity index (χ1n) is 10.0. The van der Waals surface area contributed by atoms with E-state index >= 15 is 0 Å². The van der Waals surface area contributed by atoms with E-state index in [1.54, 1.807) is 30.3 Å². The van der Waals surface area contributed by atoms with Crippen LogP contribution in [0.4, 0.5) is 4.39 Å². The van der Waals surface area contributed by atoms with Crippen molar-refractivity contribution in [3.05, 3.63) is 57.8 Å². The highest BCUT2D eigenvalue weighted by Crippen LogP contribution is 2.37. The van der Waals surface area contributed by atoms with Gasteiger partial charge in [-0.15, -0.1) is 0 Å². The molecule has 1 aliphatic heterocycles. The largest absolute Gasteiger partial charge is 0.490 e. The van der Waals surface area contributed by atoms with Crippen LogP contribution in [0.1, 0.15) is 18.1 Å². The number of carbonyl (C=O) groups is 1. The quantitative estimate of drug-likeness (QED) is 0.428. The molecular weight excluding hydrogens is 469 g/mol. The average molecular weight is 494 g/mol. The first kappa shape index (κ1) is 23.2. The molecule has 1 aliphatic rings. The van der Waals surface area contributed by atoms with Crippen molar-refractivity contribution < 1.29 is 23.4 Å². The highest BCUT2D eigenvalue weighted by atomic mass is 79.9. The van der Waals surface area contributed by atoms with E-state index in [2.05, 4.69) is 26.5 Å². The third-order valence-electron chi connectivity index (χ3n) is 4.54. The molecule has 0 spiro atoms. The van der Waals surface area contributed by atoms with Crippen LogP contribution >= 0.6 is 15.9 Å². The molecule has 1 N–H and O–H groups in total. The Morgan fingerprint density at radius 3 is 2.81 bits per heavy atom. The fourth-order valence-corrected chi connectivity index (χ4v) is 3.58. The molecule has 166 valence electrons. The standard InChI is InChI=1S/C22H25BrFN3O4/c1-2-30-20-12-16(13-25-26-21(28)14-27-7-9-29-10-8-27)11-18(23)22(20)31-15-17-5-3-4-6-19(17)24/h3-6,11-13H,2,7-10,14-15H2,1H3,(H,26,28)/b25-13+. The van der Waals surface area contributed by atoms with Crippen LogP contribution in [0.3, 0.4) is 0 Å². The molecule has 0 saturated carbocycles. The molecule has 31 heavy (non-hydrogen) atoms. The maximum absolute atomic E-state index is 13.9. The Balaban J connectivity index is 1.63. The summed E-state index contributed by atoms with van der Waals surface area (Å²) in [6.45, 7) is 5.37. The van der Waals surface area contributed by atoms with Gasteiger partial charge in [-0.2, -0.15) is 5.10 Å². The summed E-state index contributed by atoms with van der Waals surface area (Å²) < 4.78 is 31.3. The lowest BCUT2D eigenvalue weighted by Gasteiger charge is -2.25. The first-order chi connectivity index (χ1) is 15.1. The highest BCUT2D eigenvalue weighted by Gasteiger charge is 2.15. The van der Waals surface area contributed by atoms with E-state index in [-0.39, 0.29) is 24.9 Å². The molecule has 0 atom stereocenters. The summed E-state index contributed by atoms with van der Waals surface area (Å²) >= 11 is 3.48. The second-order valence-corrected chi connectivity index (χ2v) is 7.68. The third kappa shape index (κ3) is 7.02. The summed E-state index contributed by atoms with van der Waals surface area (Å²) in [7, 11) is 0. The molecule has 0 aliphatic carbocycles. The van der Waals surface area contributed by atoms with Crippen molar-refractivity contribution in [1.82, 2.24) is 10.3 Å². The van der Waals surface area contributed by atoms with Gasteiger partial charge in [0, 0.05) is 18.7 Å². The van der Waals surface area contributed by atoms with Crippen LogP contribution in [0.15, 0.2) is 46.0 Å². The number of rotatable bonds is 9. The van der Waals surface area contributed by atoms with Crippen molar-refractivity contribution in [3.63, 3.8) is 0 Å². The van der Waals surface area contributed by atoms with E-state index in [1.807, 2.05) is 11.8 Å². The van der Waals surface area contributed by atoms with E-state index in [0.717, 1.165) is 13.1 Å². The Bertz CT molecular complexity index is 920. The van der Waals surface area contributed by atoms with Gasteiger partial charge in [0.15, 0.2) is 11.5 Å². The van der Waals surface area contributed by atoms with E-state index < -0.39 is 0 Å². The maximum Gasteiger partial charge on any atom is 0.254 e. The molecule has 1 heterocycles. The molecule has 0 unspecified atom stereocenters. The Kier molecular flexibility index (Phi) is 8.81. The zero-order chi connectivity index (χ0) is 22.1. The second-order valence-electron chi connectivity index (χ2n) is 6.82. The number of hydrogen-bond acceptors (Lipinski definition) is 6. The van der Waals surface area contributed by atoms with Gasteiger partial charge in [0.25, 0.3) is 5.91 Å². The van der Waals surface area contributed by atoms with E-state index in [4.69, 9.17) is 14.2 Å². The minimum atomic E-state index is -0.326. The number of carbonyl (C=O) groups excluding carboxylic acids is 1. The molecule has 1 saturated heterocycles. The van der Waals surface area contributed by atoms with Gasteiger partial charge in [0.1, 0.15) is 12.4 Å². The van der Waals surface area contributed by atoms with Crippen molar-refractivity contribution in [1.29, 1.82) is 0 Å². The number of amides is 1. The Labute approximate surface area is 189 Å². The van der Waals surface area contributed by atoms with Crippen LogP contribution in [0.5, 0.6) is 11.5 Å². The highest BCUT2D eigenvalue weighted by molar-refractivity contribution is 9.10. The summed E-state index contributed by atoms with van der Waals surface area (Å²) in [6, 6.07) is 10.00. The van der Waals surface area contributed by atoms with Gasteiger partial charge in [0.05, 0.1) is 37.1 Å². The molecule has 2 aromatic rings. The van der Waals surface area contributed by atoms with Crippen molar-refractivity contribution in [2.24, 2.45) is 5.10 Å². The number of morpholine rings is 1. The molecule has 0 aromatic heterocycles. The molecule has 1 fully saturated rings. The van der Waals surface area contributed by atoms with Crippen LogP contribution in [0.2, 0.25) is 0 Å². The normalized spacial score (nSPS) is 14.5. The van der Waals surface area contributed by atoms with Crippen molar-refractivity contribution in [2.75, 3.05) is 39.5 Å². The summed E-state index contributed by atoms with van der Waals surface area (Å²) in [5.74, 6) is 0.452. The van der Waals surface area contributed by atoms with E-state index in [0.29, 0.717) is 46.9 Å². The number of halogens is 2. The van der Waals surface area contributed by atoms with Crippen LogP contribution in [-0.2, 0) is 16.1 Å². The molecular formula is C22H25BrFN3O4. The van der Waals surface area contributed by atoms with E-state index in [1.165, 1.54) is 12.3 Å². The minimum absolute atomic E-state index is 0.0659. The number of hydrogen-bond donors (Lipinski definition) is 1. The number of hydrazone groups is 1. The van der Waals surface area contributed by atoms with Crippen LogP contribution < -0.4 is 14.9 Å². The SMILES string of the molecule is CCOc1cc(/C=N/NC(=O)CN2CCOCC2)cc(Br)c1OCc1ccccc1F.